The largest absolute Gasteiger partial charge is 0.479 e. The third-order valence-corrected chi connectivity index (χ3v) is 7.35. The van der Waals surface area contributed by atoms with Gasteiger partial charge in [-0.3, -0.25) is 0 Å². The number of carbonyl (C=O) groups is 1. The maximum Gasteiger partial charge on any atom is 0.322 e. The Balaban J connectivity index is 1.27. The number of nitrogens with one attached hydrogen (secondary N) is 1. The molecule has 170 valence electrons. The van der Waals surface area contributed by atoms with Gasteiger partial charge in [0.15, 0.2) is 0 Å². The number of hydrogen-bond donors (Lipinski definition) is 1. The van der Waals surface area contributed by atoms with Gasteiger partial charge in [0.2, 0.25) is 5.88 Å². The van der Waals surface area contributed by atoms with Gasteiger partial charge >= 0.3 is 6.03 Å². The van der Waals surface area contributed by atoms with Crippen LogP contribution in [0, 0.1) is 0 Å². The first-order valence-corrected chi connectivity index (χ1v) is 11.7. The number of fused-ring (bicyclic) bond motifs is 2. The minimum atomic E-state index is -0.0311. The highest BCUT2D eigenvalue weighted by atomic mass is 16.5. The SMILES string of the molecule is COc1nc(N2CCN(C)CC2)ccc1NC(=O)N1[C@@H]2CC[C@H]1CC(c1ccccc1)C2. The van der Waals surface area contributed by atoms with Crippen molar-refractivity contribution in [2.45, 2.75) is 43.7 Å². The third-order valence-electron chi connectivity index (χ3n) is 7.35. The zero-order chi connectivity index (χ0) is 22.1. The molecule has 3 saturated heterocycles. The Hall–Kier alpha value is -2.80. The van der Waals surface area contributed by atoms with Crippen LogP contribution in [0.25, 0.3) is 0 Å². The first kappa shape index (κ1) is 21.1. The van der Waals surface area contributed by atoms with Crippen molar-refractivity contribution in [2.75, 3.05) is 50.6 Å². The van der Waals surface area contributed by atoms with Crippen molar-refractivity contribution in [3.05, 3.63) is 48.0 Å². The lowest BCUT2D eigenvalue weighted by atomic mass is 9.85. The number of pyridine rings is 1. The molecule has 2 aromatic rings. The second-order valence-corrected chi connectivity index (χ2v) is 9.32. The summed E-state index contributed by atoms with van der Waals surface area (Å²) in [6.07, 6.45) is 4.23. The van der Waals surface area contributed by atoms with Crippen LogP contribution in [0.5, 0.6) is 5.88 Å². The number of urea groups is 1. The highest BCUT2D eigenvalue weighted by Crippen LogP contribution is 2.43. The number of ether oxygens (including phenoxy) is 1. The number of likely N-dealkylation sites (N-methyl/N-ethyl adjacent to an activating group) is 1. The first-order chi connectivity index (χ1) is 15.6. The molecule has 3 aliphatic heterocycles. The van der Waals surface area contributed by atoms with E-state index in [0.29, 0.717) is 29.6 Å². The molecule has 2 amide bonds. The fourth-order valence-electron chi connectivity index (χ4n) is 5.58. The highest BCUT2D eigenvalue weighted by Gasteiger charge is 2.43. The molecule has 3 atom stereocenters. The fourth-order valence-corrected chi connectivity index (χ4v) is 5.58. The van der Waals surface area contributed by atoms with Crippen LogP contribution in [0.2, 0.25) is 0 Å². The molecule has 1 aromatic heterocycles. The van der Waals surface area contributed by atoms with Crippen LogP contribution in [0.15, 0.2) is 42.5 Å². The maximum atomic E-state index is 13.3. The summed E-state index contributed by atoms with van der Waals surface area (Å²) in [5.74, 6) is 1.91. The number of nitrogens with zero attached hydrogens (tertiary/aromatic N) is 4. The Bertz CT molecular complexity index is 931. The lowest BCUT2D eigenvalue weighted by molar-refractivity contribution is 0.149. The van der Waals surface area contributed by atoms with Gasteiger partial charge in [0, 0.05) is 38.3 Å². The van der Waals surface area contributed by atoms with Crippen molar-refractivity contribution in [3.8, 4) is 5.88 Å². The van der Waals surface area contributed by atoms with E-state index in [1.54, 1.807) is 7.11 Å². The predicted molar refractivity (Wildman–Crippen MR) is 127 cm³/mol. The number of carbonyl (C=O) groups excluding carboxylic acids is 1. The number of anilines is 2. The van der Waals surface area contributed by atoms with Gasteiger partial charge in [0.25, 0.3) is 0 Å². The van der Waals surface area contributed by atoms with Crippen molar-refractivity contribution < 1.29 is 9.53 Å². The van der Waals surface area contributed by atoms with Crippen LogP contribution in [0.1, 0.15) is 37.2 Å². The molecule has 1 unspecified atom stereocenters. The monoisotopic (exact) mass is 435 g/mol. The minimum absolute atomic E-state index is 0.0311. The van der Waals surface area contributed by atoms with Gasteiger partial charge in [0.1, 0.15) is 11.5 Å². The second-order valence-electron chi connectivity index (χ2n) is 9.32. The summed E-state index contributed by atoms with van der Waals surface area (Å²) in [7, 11) is 3.75. The van der Waals surface area contributed by atoms with Crippen LogP contribution in [-0.2, 0) is 0 Å². The Kier molecular flexibility index (Phi) is 5.91. The summed E-state index contributed by atoms with van der Waals surface area (Å²) in [6, 6.07) is 15.2. The summed E-state index contributed by atoms with van der Waals surface area (Å²) in [5, 5.41) is 3.10. The topological polar surface area (TPSA) is 60.9 Å². The summed E-state index contributed by atoms with van der Waals surface area (Å²) in [6.45, 7) is 3.92. The summed E-state index contributed by atoms with van der Waals surface area (Å²) >= 11 is 0. The van der Waals surface area contributed by atoms with E-state index in [-0.39, 0.29) is 6.03 Å². The molecule has 2 bridgehead atoms. The van der Waals surface area contributed by atoms with Gasteiger partial charge in [-0.15, -0.1) is 0 Å². The number of benzene rings is 1. The minimum Gasteiger partial charge on any atom is -0.479 e. The fraction of sp³-hybridized carbons (Fsp3) is 0.520. The van der Waals surface area contributed by atoms with E-state index in [2.05, 4.69) is 57.4 Å². The van der Waals surface area contributed by atoms with E-state index in [1.807, 2.05) is 12.1 Å². The number of piperidine rings is 1. The average Bonchev–Trinajstić information content (AvgIpc) is 3.10. The Morgan fingerprint density at radius 1 is 1.00 bits per heavy atom. The van der Waals surface area contributed by atoms with E-state index in [1.165, 1.54) is 5.56 Å². The van der Waals surface area contributed by atoms with E-state index >= 15 is 0 Å². The molecule has 1 aromatic carbocycles. The number of aromatic nitrogens is 1. The van der Waals surface area contributed by atoms with E-state index in [9.17, 15) is 4.79 Å². The lowest BCUT2D eigenvalue weighted by Gasteiger charge is -2.39. The molecular weight excluding hydrogens is 402 g/mol. The van der Waals surface area contributed by atoms with Crippen LogP contribution in [-0.4, -0.2) is 73.2 Å². The van der Waals surface area contributed by atoms with Gasteiger partial charge < -0.3 is 24.8 Å². The number of hydrogen-bond acceptors (Lipinski definition) is 5. The van der Waals surface area contributed by atoms with Gasteiger partial charge in [-0.25, -0.2) is 4.79 Å². The van der Waals surface area contributed by atoms with Gasteiger partial charge in [0.05, 0.1) is 7.11 Å². The van der Waals surface area contributed by atoms with Crippen LogP contribution in [0.4, 0.5) is 16.3 Å². The summed E-state index contributed by atoms with van der Waals surface area (Å²) < 4.78 is 5.55. The number of piperazine rings is 1. The van der Waals surface area contributed by atoms with Crippen LogP contribution >= 0.6 is 0 Å². The van der Waals surface area contributed by atoms with Gasteiger partial charge in [-0.2, -0.15) is 4.98 Å². The second kappa shape index (κ2) is 8.98. The molecule has 5 rings (SSSR count). The standard InChI is InChI=1S/C25H33N5O2/c1-28-12-14-29(15-13-28)23-11-10-22(24(27-23)32-2)26-25(31)30-20-8-9-21(30)17-19(16-20)18-6-4-3-5-7-18/h3-7,10-11,19-21H,8-9,12-17H2,1-2H3,(H,26,31)/t19?,20-,21+. The van der Waals surface area contributed by atoms with Crippen molar-refractivity contribution in [3.63, 3.8) is 0 Å². The zero-order valence-electron chi connectivity index (χ0n) is 19.0. The van der Waals surface area contributed by atoms with Crippen molar-refractivity contribution in [1.82, 2.24) is 14.8 Å². The molecule has 1 N–H and O–H groups in total. The van der Waals surface area contributed by atoms with Crippen molar-refractivity contribution in [2.24, 2.45) is 0 Å². The van der Waals surface area contributed by atoms with E-state index < -0.39 is 0 Å². The van der Waals surface area contributed by atoms with Crippen molar-refractivity contribution >= 4 is 17.5 Å². The predicted octanol–water partition coefficient (Wildman–Crippen LogP) is 3.78. The molecule has 32 heavy (non-hydrogen) atoms. The zero-order valence-corrected chi connectivity index (χ0v) is 19.0. The summed E-state index contributed by atoms with van der Waals surface area (Å²) in [4.78, 5) is 24.6. The Morgan fingerprint density at radius 3 is 2.34 bits per heavy atom. The smallest absolute Gasteiger partial charge is 0.322 e. The third kappa shape index (κ3) is 4.13. The van der Waals surface area contributed by atoms with Crippen LogP contribution < -0.4 is 15.0 Å². The molecule has 3 fully saturated rings. The molecule has 0 radical (unpaired) electrons. The van der Waals surface area contributed by atoms with Crippen molar-refractivity contribution in [1.29, 1.82) is 0 Å². The van der Waals surface area contributed by atoms with Gasteiger partial charge in [-0.1, -0.05) is 30.3 Å². The molecule has 4 heterocycles. The molecule has 0 spiro atoms. The van der Waals surface area contributed by atoms with Crippen LogP contribution in [0.3, 0.4) is 0 Å². The Morgan fingerprint density at radius 2 is 1.69 bits per heavy atom. The van der Waals surface area contributed by atoms with E-state index in [0.717, 1.165) is 57.7 Å². The normalized spacial score (nSPS) is 25.6. The molecule has 3 aliphatic rings. The molecular formula is C25H33N5O2. The highest BCUT2D eigenvalue weighted by molar-refractivity contribution is 5.91. The first-order valence-electron chi connectivity index (χ1n) is 11.7. The molecule has 0 aliphatic carbocycles. The number of rotatable bonds is 4. The quantitative estimate of drug-likeness (QED) is 0.792. The van der Waals surface area contributed by atoms with Gasteiger partial charge in [-0.05, 0) is 56.3 Å². The Labute approximate surface area is 190 Å². The molecule has 0 saturated carbocycles. The average molecular weight is 436 g/mol. The number of methoxy groups -OCH3 is 1. The molecule has 7 nitrogen and oxygen atoms in total. The molecule has 7 heteroatoms. The summed E-state index contributed by atoms with van der Waals surface area (Å²) in [5.41, 5.74) is 2.04. The lowest BCUT2D eigenvalue weighted by Crippen LogP contribution is -2.48. The maximum absolute atomic E-state index is 13.3. The van der Waals surface area contributed by atoms with E-state index in [4.69, 9.17) is 9.72 Å². The number of amides is 2.